The Hall–Kier alpha value is -2.22. The molecular weight excluding hydrogens is 358 g/mol. The van der Waals surface area contributed by atoms with Gasteiger partial charge in [-0.3, -0.25) is 9.48 Å². The zero-order valence-electron chi connectivity index (χ0n) is 16.9. The van der Waals surface area contributed by atoms with E-state index in [9.17, 15) is 4.79 Å². The first-order valence-corrected chi connectivity index (χ1v) is 10.3. The number of nitrogens with zero attached hydrogens (tertiary/aromatic N) is 5. The van der Waals surface area contributed by atoms with Crippen LogP contribution in [0.25, 0.3) is 0 Å². The molecule has 0 radical (unpaired) electrons. The van der Waals surface area contributed by atoms with Crippen LogP contribution >= 0.6 is 0 Å². The summed E-state index contributed by atoms with van der Waals surface area (Å²) in [5, 5.41) is 13.1. The van der Waals surface area contributed by atoms with Crippen molar-refractivity contribution in [2.75, 3.05) is 19.8 Å². The number of carbonyl (C=O) groups is 1. The number of aromatic nitrogens is 4. The van der Waals surface area contributed by atoms with E-state index < -0.39 is 0 Å². The molecule has 2 fully saturated rings. The second kappa shape index (κ2) is 8.03. The Kier molecular flexibility index (Phi) is 5.48. The van der Waals surface area contributed by atoms with Gasteiger partial charge in [0.05, 0.1) is 5.69 Å². The highest BCUT2D eigenvalue weighted by atomic mass is 16.5. The molecule has 8 nitrogen and oxygen atoms in total. The number of carbonyl (C=O) groups excluding carboxylic acids is 1. The minimum atomic E-state index is -0.354. The molecule has 28 heavy (non-hydrogen) atoms. The van der Waals surface area contributed by atoms with Crippen molar-refractivity contribution in [1.29, 1.82) is 0 Å². The van der Waals surface area contributed by atoms with Crippen LogP contribution in [0.2, 0.25) is 0 Å². The van der Waals surface area contributed by atoms with Gasteiger partial charge in [0.25, 0.3) is 0 Å². The van der Waals surface area contributed by atoms with E-state index in [2.05, 4.69) is 15.3 Å². The third-order valence-electron chi connectivity index (χ3n) is 5.87. The van der Waals surface area contributed by atoms with E-state index in [0.29, 0.717) is 18.3 Å². The van der Waals surface area contributed by atoms with Gasteiger partial charge < -0.3 is 14.1 Å². The second-order valence-corrected chi connectivity index (χ2v) is 7.96. The predicted octanol–water partition coefficient (Wildman–Crippen LogP) is 3.09. The van der Waals surface area contributed by atoms with E-state index in [-0.39, 0.29) is 23.9 Å². The third-order valence-corrected chi connectivity index (χ3v) is 5.87. The van der Waals surface area contributed by atoms with Crippen LogP contribution in [-0.4, -0.2) is 50.5 Å². The molecule has 0 aliphatic carbocycles. The summed E-state index contributed by atoms with van der Waals surface area (Å²) in [6.07, 6.45) is 4.71. The van der Waals surface area contributed by atoms with Crippen LogP contribution in [0.3, 0.4) is 0 Å². The summed E-state index contributed by atoms with van der Waals surface area (Å²) < 4.78 is 13.3. The summed E-state index contributed by atoms with van der Waals surface area (Å²) in [6.45, 7) is 8.01. The SMILES string of the molecule is Cc1cc(C)n([C@H](C)C(=O)N2CCCC[C@H]2c2nnc(C3CCOCC3)o2)n1. The maximum absolute atomic E-state index is 13.3. The van der Waals surface area contributed by atoms with Crippen molar-refractivity contribution < 1.29 is 13.9 Å². The first-order chi connectivity index (χ1) is 13.5. The van der Waals surface area contributed by atoms with Gasteiger partial charge in [-0.15, -0.1) is 10.2 Å². The molecule has 152 valence electrons. The molecule has 2 saturated heterocycles. The van der Waals surface area contributed by atoms with Gasteiger partial charge in [-0.2, -0.15) is 5.10 Å². The summed E-state index contributed by atoms with van der Waals surface area (Å²) in [4.78, 5) is 15.2. The normalized spacial score (nSPS) is 22.4. The molecule has 0 unspecified atom stereocenters. The monoisotopic (exact) mass is 387 g/mol. The lowest BCUT2D eigenvalue weighted by Crippen LogP contribution is -2.42. The number of likely N-dealkylation sites (tertiary alicyclic amines) is 1. The first kappa shape index (κ1) is 19.1. The van der Waals surface area contributed by atoms with E-state index in [0.717, 1.165) is 56.7 Å². The lowest BCUT2D eigenvalue weighted by molar-refractivity contribution is -0.139. The molecule has 0 N–H and O–H groups in total. The lowest BCUT2D eigenvalue weighted by atomic mass is 10.0. The number of hydrogen-bond acceptors (Lipinski definition) is 6. The van der Waals surface area contributed by atoms with Gasteiger partial charge in [0.15, 0.2) is 0 Å². The minimum Gasteiger partial charge on any atom is -0.423 e. The Labute approximate surface area is 165 Å². The molecule has 2 aromatic heterocycles. The number of amides is 1. The summed E-state index contributed by atoms with van der Waals surface area (Å²) in [7, 11) is 0. The van der Waals surface area contributed by atoms with Gasteiger partial charge >= 0.3 is 0 Å². The average Bonchev–Trinajstić information content (AvgIpc) is 3.34. The summed E-state index contributed by atoms with van der Waals surface area (Å²) in [6, 6.07) is 1.49. The molecule has 1 amide bonds. The fourth-order valence-electron chi connectivity index (χ4n) is 4.33. The predicted molar refractivity (Wildman–Crippen MR) is 102 cm³/mol. The molecule has 2 aliphatic rings. The number of hydrogen-bond donors (Lipinski definition) is 0. The fraction of sp³-hybridized carbons (Fsp3) is 0.700. The van der Waals surface area contributed by atoms with Gasteiger partial charge in [-0.1, -0.05) is 0 Å². The number of rotatable bonds is 4. The molecule has 2 atom stereocenters. The Morgan fingerprint density at radius 3 is 2.61 bits per heavy atom. The maximum Gasteiger partial charge on any atom is 0.247 e. The molecule has 2 aromatic rings. The Bertz CT molecular complexity index is 824. The van der Waals surface area contributed by atoms with Gasteiger partial charge in [0.1, 0.15) is 12.1 Å². The standard InChI is InChI=1S/C20H29N5O3/c1-13-12-14(2)25(23-13)15(3)20(26)24-9-5-4-6-17(24)19-22-21-18(28-19)16-7-10-27-11-8-16/h12,15-17H,4-11H2,1-3H3/t15-,17+/m1/s1. The van der Waals surface area contributed by atoms with Crippen LogP contribution in [0.5, 0.6) is 0 Å². The van der Waals surface area contributed by atoms with Crippen molar-refractivity contribution in [3.63, 3.8) is 0 Å². The van der Waals surface area contributed by atoms with Crippen LogP contribution in [0.4, 0.5) is 0 Å². The van der Waals surface area contributed by atoms with Crippen LogP contribution < -0.4 is 0 Å². The Morgan fingerprint density at radius 2 is 1.89 bits per heavy atom. The molecule has 0 aromatic carbocycles. The van der Waals surface area contributed by atoms with Crippen molar-refractivity contribution in [3.05, 3.63) is 29.2 Å². The molecule has 4 rings (SSSR count). The molecule has 0 spiro atoms. The highest BCUT2D eigenvalue weighted by molar-refractivity contribution is 5.80. The largest absolute Gasteiger partial charge is 0.423 e. The third kappa shape index (κ3) is 3.70. The molecule has 4 heterocycles. The highest BCUT2D eigenvalue weighted by Gasteiger charge is 2.35. The van der Waals surface area contributed by atoms with Gasteiger partial charge in [-0.25, -0.2) is 0 Å². The molecule has 8 heteroatoms. The lowest BCUT2D eigenvalue weighted by Gasteiger charge is -2.35. The van der Waals surface area contributed by atoms with Crippen molar-refractivity contribution in [1.82, 2.24) is 24.9 Å². The van der Waals surface area contributed by atoms with Crippen molar-refractivity contribution in [2.24, 2.45) is 0 Å². The quantitative estimate of drug-likeness (QED) is 0.801. The van der Waals surface area contributed by atoms with E-state index in [1.807, 2.05) is 36.4 Å². The summed E-state index contributed by atoms with van der Waals surface area (Å²) in [5.74, 6) is 1.57. The first-order valence-electron chi connectivity index (χ1n) is 10.3. The Morgan fingerprint density at radius 1 is 1.14 bits per heavy atom. The van der Waals surface area contributed by atoms with Gasteiger partial charge in [0, 0.05) is 31.4 Å². The topological polar surface area (TPSA) is 86.3 Å². The van der Waals surface area contributed by atoms with E-state index in [1.54, 1.807) is 0 Å². The van der Waals surface area contributed by atoms with Crippen molar-refractivity contribution >= 4 is 5.91 Å². The number of aryl methyl sites for hydroxylation is 2. The van der Waals surface area contributed by atoms with Crippen LogP contribution in [0.1, 0.15) is 80.2 Å². The molecule has 2 aliphatic heterocycles. The van der Waals surface area contributed by atoms with Gasteiger partial charge in [-0.05, 0) is 58.9 Å². The minimum absolute atomic E-state index is 0.0571. The van der Waals surface area contributed by atoms with Crippen molar-refractivity contribution in [2.45, 2.75) is 70.9 Å². The average molecular weight is 387 g/mol. The molecule has 0 bridgehead atoms. The highest BCUT2D eigenvalue weighted by Crippen LogP contribution is 2.34. The Balaban J connectivity index is 1.53. The second-order valence-electron chi connectivity index (χ2n) is 7.96. The van der Waals surface area contributed by atoms with Crippen molar-refractivity contribution in [3.8, 4) is 0 Å². The van der Waals surface area contributed by atoms with E-state index >= 15 is 0 Å². The zero-order valence-corrected chi connectivity index (χ0v) is 16.9. The maximum atomic E-state index is 13.3. The number of piperidine rings is 1. The van der Waals surface area contributed by atoms with Crippen LogP contribution in [0, 0.1) is 13.8 Å². The molecule has 0 saturated carbocycles. The summed E-state index contributed by atoms with van der Waals surface area (Å²) in [5.41, 5.74) is 1.91. The smallest absolute Gasteiger partial charge is 0.247 e. The summed E-state index contributed by atoms with van der Waals surface area (Å²) >= 11 is 0. The zero-order chi connectivity index (χ0) is 19.7. The van der Waals surface area contributed by atoms with E-state index in [1.165, 1.54) is 0 Å². The van der Waals surface area contributed by atoms with E-state index in [4.69, 9.17) is 9.15 Å². The number of ether oxygens (including phenoxy) is 1. The van der Waals surface area contributed by atoms with Crippen LogP contribution in [-0.2, 0) is 9.53 Å². The fourth-order valence-corrected chi connectivity index (χ4v) is 4.33. The molecular formula is C20H29N5O3. The van der Waals surface area contributed by atoms with Crippen LogP contribution in [0.15, 0.2) is 10.5 Å². The van der Waals surface area contributed by atoms with Gasteiger partial charge in [0.2, 0.25) is 17.7 Å².